The molecule has 2 aromatic rings. The van der Waals surface area contributed by atoms with Crippen LogP contribution in [0.1, 0.15) is 36.4 Å². The fourth-order valence-corrected chi connectivity index (χ4v) is 3.44. The maximum absolute atomic E-state index is 14.6. The lowest BCUT2D eigenvalue weighted by Gasteiger charge is -2.29. The van der Waals surface area contributed by atoms with Crippen LogP contribution >= 0.6 is 0 Å². The van der Waals surface area contributed by atoms with Crippen molar-refractivity contribution in [3.63, 3.8) is 0 Å². The average Bonchev–Trinajstić information content (AvgIpc) is 3.16. The van der Waals surface area contributed by atoms with Gasteiger partial charge in [-0.15, -0.1) is 0 Å². The topological polar surface area (TPSA) is 74.9 Å². The zero-order valence-corrected chi connectivity index (χ0v) is 17.4. The first-order valence-electron chi connectivity index (χ1n) is 10.2. The molecule has 3 rings (SSSR count). The molecule has 2 N–H and O–H groups in total. The Kier molecular flexibility index (Phi) is 7.46. The van der Waals surface area contributed by atoms with E-state index in [1.165, 1.54) is 0 Å². The zero-order valence-electron chi connectivity index (χ0n) is 17.4. The van der Waals surface area contributed by atoms with Crippen molar-refractivity contribution in [2.45, 2.75) is 39.8 Å². The van der Waals surface area contributed by atoms with Gasteiger partial charge in [-0.2, -0.15) is 0 Å². The minimum absolute atomic E-state index is 0.209. The molecule has 0 amide bonds. The Balaban J connectivity index is 1.57. The Morgan fingerprint density at radius 2 is 1.93 bits per heavy atom. The molecule has 1 aliphatic heterocycles. The Hall–Kier alpha value is -2.61. The number of hydrogen-bond donors (Lipinski definition) is 2. The van der Waals surface area contributed by atoms with Crippen LogP contribution in [0.4, 0.5) is 10.1 Å². The first-order chi connectivity index (χ1) is 14.2. The monoisotopic (exact) mass is 403 g/mol. The van der Waals surface area contributed by atoms with Gasteiger partial charge in [-0.05, 0) is 24.1 Å². The maximum atomic E-state index is 14.6. The van der Waals surface area contributed by atoms with Crippen LogP contribution in [0.2, 0.25) is 0 Å². The smallest absolute Gasteiger partial charge is 0.191 e. The number of aromatic nitrogens is 1. The van der Waals surface area contributed by atoms with Gasteiger partial charge in [0.05, 0.1) is 24.6 Å². The van der Waals surface area contributed by atoms with Crippen LogP contribution in [0.15, 0.2) is 27.7 Å². The molecule has 0 atom stereocenters. The molecular formula is C21H30FN5O2. The highest BCUT2D eigenvalue weighted by Gasteiger charge is 2.16. The van der Waals surface area contributed by atoms with Gasteiger partial charge in [0.1, 0.15) is 11.6 Å². The van der Waals surface area contributed by atoms with Crippen molar-refractivity contribution in [2.24, 2.45) is 4.99 Å². The normalized spacial score (nSPS) is 14.9. The summed E-state index contributed by atoms with van der Waals surface area (Å²) in [5, 5.41) is 10.7. The molecule has 0 spiro atoms. The molecule has 1 aromatic heterocycles. The molecule has 0 unspecified atom stereocenters. The van der Waals surface area contributed by atoms with Crippen LogP contribution in [0, 0.1) is 5.82 Å². The Morgan fingerprint density at radius 1 is 1.17 bits per heavy atom. The van der Waals surface area contributed by atoms with E-state index in [2.05, 4.69) is 27.7 Å². The van der Waals surface area contributed by atoms with Crippen molar-refractivity contribution < 1.29 is 13.7 Å². The number of rotatable bonds is 7. The second-order valence-electron chi connectivity index (χ2n) is 6.90. The number of aliphatic imine (C=N–C) groups is 1. The molecule has 29 heavy (non-hydrogen) atoms. The molecule has 7 nitrogen and oxygen atoms in total. The number of benzene rings is 1. The minimum atomic E-state index is -0.209. The number of halogens is 1. The third-order valence-corrected chi connectivity index (χ3v) is 5.09. The number of morpholine rings is 1. The molecule has 1 saturated heterocycles. The summed E-state index contributed by atoms with van der Waals surface area (Å²) in [5.41, 5.74) is 3.53. The highest BCUT2D eigenvalue weighted by Crippen LogP contribution is 2.21. The predicted octanol–water partition coefficient (Wildman–Crippen LogP) is 2.64. The molecule has 0 radical (unpaired) electrons. The molecular weight excluding hydrogens is 373 g/mol. The Bertz CT molecular complexity index is 809. The third kappa shape index (κ3) is 5.26. The highest BCUT2D eigenvalue weighted by atomic mass is 19.1. The molecule has 8 heteroatoms. The van der Waals surface area contributed by atoms with Gasteiger partial charge in [-0.3, -0.25) is 4.99 Å². The molecule has 1 aromatic carbocycles. The molecule has 2 heterocycles. The number of nitrogens with zero attached hydrogens (tertiary/aromatic N) is 3. The van der Waals surface area contributed by atoms with Crippen molar-refractivity contribution >= 4 is 11.6 Å². The molecule has 0 aliphatic carbocycles. The van der Waals surface area contributed by atoms with Gasteiger partial charge < -0.3 is 24.8 Å². The van der Waals surface area contributed by atoms with Crippen molar-refractivity contribution in [1.29, 1.82) is 0 Å². The zero-order chi connectivity index (χ0) is 20.6. The molecule has 1 fully saturated rings. The summed E-state index contributed by atoms with van der Waals surface area (Å²) in [6.07, 6.45) is 1.62. The number of ether oxygens (including phenoxy) is 1. The van der Waals surface area contributed by atoms with Gasteiger partial charge in [0.25, 0.3) is 0 Å². The van der Waals surface area contributed by atoms with Crippen molar-refractivity contribution in [3.05, 3.63) is 46.6 Å². The van der Waals surface area contributed by atoms with Crippen LogP contribution in [-0.2, 0) is 30.7 Å². The van der Waals surface area contributed by atoms with E-state index in [4.69, 9.17) is 9.26 Å². The quantitative estimate of drug-likeness (QED) is 0.547. The van der Waals surface area contributed by atoms with Gasteiger partial charge in [-0.25, -0.2) is 4.39 Å². The fraction of sp³-hybridized carbons (Fsp3) is 0.524. The van der Waals surface area contributed by atoms with E-state index < -0.39 is 0 Å². The Morgan fingerprint density at radius 3 is 2.59 bits per heavy atom. The second kappa shape index (κ2) is 10.2. The van der Waals surface area contributed by atoms with Gasteiger partial charge in [0.15, 0.2) is 5.96 Å². The maximum Gasteiger partial charge on any atom is 0.191 e. The molecule has 158 valence electrons. The fourth-order valence-electron chi connectivity index (χ4n) is 3.44. The van der Waals surface area contributed by atoms with Crippen LogP contribution in [0.25, 0.3) is 0 Å². The molecule has 0 bridgehead atoms. The average molecular weight is 404 g/mol. The lowest BCUT2D eigenvalue weighted by molar-refractivity contribution is 0.122. The number of aryl methyl sites for hydroxylation is 2. The van der Waals surface area contributed by atoms with Crippen LogP contribution in [0.3, 0.4) is 0 Å². The van der Waals surface area contributed by atoms with E-state index in [1.54, 1.807) is 13.1 Å². The summed E-state index contributed by atoms with van der Waals surface area (Å²) in [5.74, 6) is 1.33. The van der Waals surface area contributed by atoms with Crippen LogP contribution < -0.4 is 15.5 Å². The SMILES string of the molecule is CCc1noc(CC)c1CNC(=NC)NCc1ccc(N2CCOCC2)c(F)c1. The molecule has 0 saturated carbocycles. The lowest BCUT2D eigenvalue weighted by atomic mass is 10.1. The lowest BCUT2D eigenvalue weighted by Crippen LogP contribution is -2.37. The van der Waals surface area contributed by atoms with E-state index in [0.29, 0.717) is 51.0 Å². The van der Waals surface area contributed by atoms with Crippen LogP contribution in [-0.4, -0.2) is 44.5 Å². The van der Waals surface area contributed by atoms with Crippen molar-refractivity contribution in [3.8, 4) is 0 Å². The summed E-state index contributed by atoms with van der Waals surface area (Å²) in [7, 11) is 1.71. The van der Waals surface area contributed by atoms with Gasteiger partial charge in [0.2, 0.25) is 0 Å². The van der Waals surface area contributed by atoms with Crippen molar-refractivity contribution in [2.75, 3.05) is 38.3 Å². The minimum Gasteiger partial charge on any atom is -0.378 e. The standard InChI is InChI=1S/C21H30FN5O2/c1-4-18-16(20(5-2)29-26-18)14-25-21(23-3)24-13-15-6-7-19(17(22)12-15)27-8-10-28-11-9-27/h6-7,12H,4-5,8-11,13-14H2,1-3H3,(H2,23,24,25). The van der Waals surface area contributed by atoms with Gasteiger partial charge in [-0.1, -0.05) is 25.1 Å². The van der Waals surface area contributed by atoms with E-state index in [-0.39, 0.29) is 5.82 Å². The second-order valence-corrected chi connectivity index (χ2v) is 6.90. The summed E-state index contributed by atoms with van der Waals surface area (Å²) in [6.45, 7) is 7.87. The van der Waals surface area contributed by atoms with Crippen LogP contribution in [0.5, 0.6) is 0 Å². The highest BCUT2D eigenvalue weighted by molar-refractivity contribution is 5.79. The first kappa shape index (κ1) is 21.1. The summed E-state index contributed by atoms with van der Waals surface area (Å²) < 4.78 is 25.3. The Labute approximate surface area is 171 Å². The number of hydrogen-bond acceptors (Lipinski definition) is 5. The predicted molar refractivity (Wildman–Crippen MR) is 112 cm³/mol. The van der Waals surface area contributed by atoms with E-state index >= 15 is 0 Å². The van der Waals surface area contributed by atoms with Gasteiger partial charge in [0, 0.05) is 45.2 Å². The largest absolute Gasteiger partial charge is 0.378 e. The first-order valence-corrected chi connectivity index (χ1v) is 10.2. The summed E-state index contributed by atoms with van der Waals surface area (Å²) in [6, 6.07) is 5.36. The number of nitrogens with one attached hydrogen (secondary N) is 2. The summed E-state index contributed by atoms with van der Waals surface area (Å²) >= 11 is 0. The van der Waals surface area contributed by atoms with Gasteiger partial charge >= 0.3 is 0 Å². The summed E-state index contributed by atoms with van der Waals surface area (Å²) in [4.78, 5) is 6.27. The van der Waals surface area contributed by atoms with E-state index in [9.17, 15) is 4.39 Å². The van der Waals surface area contributed by atoms with Crippen molar-refractivity contribution in [1.82, 2.24) is 15.8 Å². The third-order valence-electron chi connectivity index (χ3n) is 5.09. The number of anilines is 1. The number of guanidine groups is 1. The van der Waals surface area contributed by atoms with E-state index in [0.717, 1.165) is 35.4 Å². The molecule has 1 aliphatic rings. The van der Waals surface area contributed by atoms with E-state index in [1.807, 2.05) is 24.0 Å².